The van der Waals surface area contributed by atoms with Gasteiger partial charge in [-0.05, 0) is 31.9 Å². The Hall–Kier alpha value is -2.48. The Balaban J connectivity index is 2.24. The van der Waals surface area contributed by atoms with Crippen molar-refractivity contribution >= 4 is 17.6 Å². The lowest BCUT2D eigenvalue weighted by molar-refractivity contribution is -0.385. The Morgan fingerprint density at radius 1 is 1.46 bits per heavy atom. The summed E-state index contributed by atoms with van der Waals surface area (Å²) in [6, 6.07) is 4.17. The molecule has 1 atom stereocenters. The van der Waals surface area contributed by atoms with Crippen LogP contribution in [0.2, 0.25) is 0 Å². The Kier molecular flexibility index (Phi) is 5.18. The van der Waals surface area contributed by atoms with Gasteiger partial charge in [-0.15, -0.1) is 0 Å². The van der Waals surface area contributed by atoms with Crippen molar-refractivity contribution in [2.24, 2.45) is 5.41 Å². The minimum absolute atomic E-state index is 0.0331. The molecule has 1 N–H and O–H groups in total. The molecule has 1 aliphatic rings. The van der Waals surface area contributed by atoms with Crippen LogP contribution in [0.5, 0.6) is 0 Å². The minimum Gasteiger partial charge on any atom is -0.481 e. The summed E-state index contributed by atoms with van der Waals surface area (Å²) < 4.78 is 5.05. The molecule has 1 fully saturated rings. The van der Waals surface area contributed by atoms with Gasteiger partial charge in [-0.25, -0.2) is 0 Å². The van der Waals surface area contributed by atoms with E-state index in [0.717, 1.165) is 0 Å². The molecule has 0 radical (unpaired) electrons. The molecule has 0 aromatic heterocycles. The number of carboxylic acid groups (broad SMARTS) is 1. The van der Waals surface area contributed by atoms with Crippen LogP contribution >= 0.6 is 0 Å². The van der Waals surface area contributed by atoms with Gasteiger partial charge in [0.2, 0.25) is 0 Å². The number of methoxy groups -OCH3 is 1. The zero-order valence-corrected chi connectivity index (χ0v) is 13.7. The Bertz CT molecular complexity index is 671. The number of nitrogens with zero attached hydrogens (tertiary/aromatic N) is 2. The van der Waals surface area contributed by atoms with Crippen molar-refractivity contribution < 1.29 is 24.4 Å². The maximum atomic E-state index is 12.7. The van der Waals surface area contributed by atoms with E-state index in [1.807, 2.05) is 0 Å². The first-order valence-electron chi connectivity index (χ1n) is 7.57. The second kappa shape index (κ2) is 6.96. The van der Waals surface area contributed by atoms with E-state index < -0.39 is 16.3 Å². The summed E-state index contributed by atoms with van der Waals surface area (Å²) in [5.41, 5.74) is -0.455. The number of nitro benzene ring substituents is 1. The van der Waals surface area contributed by atoms with Crippen molar-refractivity contribution in [2.75, 3.05) is 26.8 Å². The summed E-state index contributed by atoms with van der Waals surface area (Å²) in [7, 11) is 1.44. The fraction of sp³-hybridized carbons (Fsp3) is 0.500. The van der Waals surface area contributed by atoms with Crippen LogP contribution in [0.1, 0.15) is 28.8 Å². The van der Waals surface area contributed by atoms with Gasteiger partial charge in [0, 0.05) is 37.4 Å². The summed E-state index contributed by atoms with van der Waals surface area (Å²) in [6.45, 7) is 2.11. The molecule has 1 aromatic rings. The average molecular weight is 336 g/mol. The number of piperidine rings is 1. The van der Waals surface area contributed by atoms with E-state index in [1.54, 1.807) is 6.92 Å². The van der Waals surface area contributed by atoms with E-state index in [1.165, 1.54) is 30.2 Å². The maximum absolute atomic E-state index is 12.7. The number of carboxylic acids is 1. The number of rotatable bonds is 5. The Morgan fingerprint density at radius 3 is 2.71 bits per heavy atom. The van der Waals surface area contributed by atoms with Crippen LogP contribution in [0.25, 0.3) is 0 Å². The second-order valence-corrected chi connectivity index (χ2v) is 6.11. The number of carbonyl (C=O) groups is 2. The number of hydrogen-bond acceptors (Lipinski definition) is 5. The summed E-state index contributed by atoms with van der Waals surface area (Å²) in [5, 5.41) is 20.4. The molecule has 1 amide bonds. The number of aryl methyl sites for hydroxylation is 1. The molecule has 1 aromatic carbocycles. The summed E-state index contributed by atoms with van der Waals surface area (Å²) in [4.78, 5) is 36.2. The fourth-order valence-electron chi connectivity index (χ4n) is 3.11. The molecular formula is C16H20N2O6. The predicted octanol–water partition coefficient (Wildman–Crippen LogP) is 1.86. The van der Waals surface area contributed by atoms with E-state index in [2.05, 4.69) is 0 Å². The predicted molar refractivity (Wildman–Crippen MR) is 84.9 cm³/mol. The molecule has 0 aliphatic carbocycles. The summed E-state index contributed by atoms with van der Waals surface area (Å²) in [5.74, 6) is -1.31. The number of nitro groups is 1. The lowest BCUT2D eigenvalue weighted by Gasteiger charge is -2.39. The summed E-state index contributed by atoms with van der Waals surface area (Å²) in [6.07, 6.45) is 1.01. The number of amides is 1. The number of ether oxygens (including phenoxy) is 1. The van der Waals surface area contributed by atoms with Gasteiger partial charge in [0.05, 0.1) is 11.5 Å². The van der Waals surface area contributed by atoms with E-state index in [9.17, 15) is 24.8 Å². The van der Waals surface area contributed by atoms with Gasteiger partial charge < -0.3 is 14.7 Å². The van der Waals surface area contributed by atoms with Crippen LogP contribution in [0, 0.1) is 22.5 Å². The molecule has 1 aliphatic heterocycles. The Labute approximate surface area is 139 Å². The number of carbonyl (C=O) groups excluding carboxylic acids is 1. The first-order valence-corrected chi connectivity index (χ1v) is 7.57. The van der Waals surface area contributed by atoms with Gasteiger partial charge in [-0.2, -0.15) is 0 Å². The first kappa shape index (κ1) is 17.9. The van der Waals surface area contributed by atoms with E-state index in [4.69, 9.17) is 4.74 Å². The highest BCUT2D eigenvalue weighted by molar-refractivity contribution is 5.95. The molecular weight excluding hydrogens is 316 g/mol. The molecule has 0 spiro atoms. The SMILES string of the molecule is COCC1(C(=O)O)CCCN(C(=O)c2ccc([N+](=O)[O-])c(C)c2)C1. The zero-order chi connectivity index (χ0) is 17.9. The quantitative estimate of drug-likeness (QED) is 0.649. The highest BCUT2D eigenvalue weighted by Crippen LogP contribution is 2.32. The maximum Gasteiger partial charge on any atom is 0.313 e. The minimum atomic E-state index is -1.11. The van der Waals surface area contributed by atoms with Gasteiger partial charge in [0.15, 0.2) is 0 Å². The van der Waals surface area contributed by atoms with Crippen LogP contribution in [-0.4, -0.2) is 53.6 Å². The van der Waals surface area contributed by atoms with Gasteiger partial charge in [0.1, 0.15) is 5.41 Å². The van der Waals surface area contributed by atoms with Gasteiger partial charge in [-0.3, -0.25) is 19.7 Å². The highest BCUT2D eigenvalue weighted by Gasteiger charge is 2.44. The fourth-order valence-corrected chi connectivity index (χ4v) is 3.11. The normalized spacial score (nSPS) is 20.7. The molecule has 0 saturated carbocycles. The molecule has 1 unspecified atom stereocenters. The molecule has 8 heteroatoms. The van der Waals surface area contributed by atoms with Crippen molar-refractivity contribution in [3.05, 3.63) is 39.4 Å². The number of hydrogen-bond donors (Lipinski definition) is 1. The van der Waals surface area contributed by atoms with Crippen molar-refractivity contribution in [3.63, 3.8) is 0 Å². The largest absolute Gasteiger partial charge is 0.481 e. The monoisotopic (exact) mass is 336 g/mol. The van der Waals surface area contributed by atoms with Crippen molar-refractivity contribution in [2.45, 2.75) is 19.8 Å². The third-order valence-electron chi connectivity index (χ3n) is 4.38. The lowest BCUT2D eigenvalue weighted by atomic mass is 9.80. The van der Waals surface area contributed by atoms with E-state index in [-0.39, 0.29) is 24.7 Å². The topological polar surface area (TPSA) is 110 Å². The van der Waals surface area contributed by atoms with Crippen LogP contribution in [0.4, 0.5) is 5.69 Å². The van der Waals surface area contributed by atoms with Crippen LogP contribution in [-0.2, 0) is 9.53 Å². The molecule has 24 heavy (non-hydrogen) atoms. The third kappa shape index (κ3) is 3.38. The summed E-state index contributed by atoms with van der Waals surface area (Å²) >= 11 is 0. The van der Waals surface area contributed by atoms with Crippen molar-refractivity contribution in [3.8, 4) is 0 Å². The number of likely N-dealkylation sites (tertiary alicyclic amines) is 1. The van der Waals surface area contributed by atoms with Crippen LogP contribution in [0.3, 0.4) is 0 Å². The van der Waals surface area contributed by atoms with Crippen LogP contribution in [0.15, 0.2) is 18.2 Å². The van der Waals surface area contributed by atoms with Gasteiger partial charge in [-0.1, -0.05) is 0 Å². The number of benzene rings is 1. The third-order valence-corrected chi connectivity index (χ3v) is 4.38. The van der Waals surface area contributed by atoms with E-state index in [0.29, 0.717) is 30.5 Å². The number of aliphatic carboxylic acids is 1. The van der Waals surface area contributed by atoms with Crippen LogP contribution < -0.4 is 0 Å². The molecule has 1 heterocycles. The second-order valence-electron chi connectivity index (χ2n) is 6.11. The average Bonchev–Trinajstić information content (AvgIpc) is 2.54. The lowest BCUT2D eigenvalue weighted by Crippen LogP contribution is -2.52. The van der Waals surface area contributed by atoms with Gasteiger partial charge >= 0.3 is 5.97 Å². The molecule has 130 valence electrons. The molecule has 1 saturated heterocycles. The van der Waals surface area contributed by atoms with Crippen molar-refractivity contribution in [1.29, 1.82) is 0 Å². The van der Waals surface area contributed by atoms with E-state index >= 15 is 0 Å². The first-order chi connectivity index (χ1) is 11.3. The standard InChI is InChI=1S/C16H20N2O6/c1-11-8-12(4-5-13(11)18(22)23)14(19)17-7-3-6-16(9-17,10-24-2)15(20)21/h4-5,8H,3,6-7,9-10H2,1-2H3,(H,20,21). The molecule has 8 nitrogen and oxygen atoms in total. The molecule has 0 bridgehead atoms. The Morgan fingerprint density at radius 2 is 2.17 bits per heavy atom. The smallest absolute Gasteiger partial charge is 0.313 e. The molecule has 2 rings (SSSR count). The zero-order valence-electron chi connectivity index (χ0n) is 13.7. The van der Waals surface area contributed by atoms with Crippen molar-refractivity contribution in [1.82, 2.24) is 4.90 Å². The highest BCUT2D eigenvalue weighted by atomic mass is 16.6. The van der Waals surface area contributed by atoms with Gasteiger partial charge in [0.25, 0.3) is 11.6 Å².